The molecule has 13 N–H and O–H groups in total. The molecule has 25 heteroatoms. The first-order valence-electron chi connectivity index (χ1n) is 29.2. The van der Waals surface area contributed by atoms with E-state index in [9.17, 15) is 43.8 Å². The second-order valence-corrected chi connectivity index (χ2v) is 27.4. The number of aliphatic hydroxyl groups is 1. The van der Waals surface area contributed by atoms with Crippen LogP contribution in [-0.2, 0) is 64.0 Å². The fourth-order valence-electron chi connectivity index (χ4n) is 9.97. The number of carbonyl (C=O) groups excluding carboxylic acids is 8. The minimum Gasteiger partial charge on any atom is -0.480 e. The number of hydrogen-bond donors (Lipinski definition) is 11. The van der Waals surface area contributed by atoms with Crippen LogP contribution in [0, 0.1) is 0 Å². The summed E-state index contributed by atoms with van der Waals surface area (Å²) in [7, 11) is 3.33. The molecule has 0 radical (unpaired) electrons. The van der Waals surface area contributed by atoms with Gasteiger partial charge in [0, 0.05) is 59.0 Å². The Hall–Kier alpha value is -7.13. The molecule has 21 nitrogen and oxygen atoms in total. The molecule has 11 atom stereocenters. The number of likely N-dealkylation sites (N-methyl/N-ethyl adjacent to an activating group) is 1. The number of thioether (sulfide) groups is 2. The maximum atomic E-state index is 15.3. The lowest BCUT2D eigenvalue weighted by Crippen LogP contribution is -2.64. The Kier molecular flexibility index (Phi) is 26.4. The summed E-state index contributed by atoms with van der Waals surface area (Å²) in [6, 6.07) is 26.9. The average molecular weight is 1280 g/mol. The maximum absolute atomic E-state index is 15.3. The van der Waals surface area contributed by atoms with Crippen molar-refractivity contribution >= 4 is 109 Å². The summed E-state index contributed by atoms with van der Waals surface area (Å²) in [4.78, 5) is 131. The van der Waals surface area contributed by atoms with E-state index in [0.29, 0.717) is 39.0 Å². The first-order valence-corrected chi connectivity index (χ1v) is 33.7. The number of benzene rings is 5. The van der Waals surface area contributed by atoms with Crippen LogP contribution in [0.5, 0.6) is 0 Å². The third-order valence-electron chi connectivity index (χ3n) is 15.2. The highest BCUT2D eigenvalue weighted by Gasteiger charge is 2.38. The third-order valence-corrected chi connectivity index (χ3v) is 20.8. The normalized spacial score (nSPS) is 24.5. The second-order valence-electron chi connectivity index (χ2n) is 21.9. The smallest absolute Gasteiger partial charge is 0.327 e. The predicted molar refractivity (Wildman–Crippen MR) is 347 cm³/mol. The van der Waals surface area contributed by atoms with Gasteiger partial charge in [-0.05, 0) is 90.7 Å². The number of nitrogens with two attached hydrogens (primary N) is 2. The van der Waals surface area contributed by atoms with Gasteiger partial charge in [-0.25, -0.2) is 4.79 Å². The van der Waals surface area contributed by atoms with Gasteiger partial charge in [-0.2, -0.15) is 0 Å². The summed E-state index contributed by atoms with van der Waals surface area (Å²) in [6.07, 6.45) is -1.55. The molecule has 470 valence electrons. The van der Waals surface area contributed by atoms with Gasteiger partial charge >= 0.3 is 5.97 Å². The van der Waals surface area contributed by atoms with Gasteiger partial charge in [0.05, 0.1) is 12.1 Å². The molecule has 2 unspecified atom stereocenters. The number of aliphatic carboxylic acids is 1. The van der Waals surface area contributed by atoms with E-state index in [-0.39, 0.29) is 55.7 Å². The average Bonchev–Trinajstić information content (AvgIpc) is 3.72. The summed E-state index contributed by atoms with van der Waals surface area (Å²) in [5.41, 5.74) is 15.4. The SMILES string of the molecule is CC1SCS[C@H]1CCc1ccc(C[C@@H]2NC(=O)[C@H](Cc3ccccc3)NC(=O)[C@H](N)CSSC[C@@H](C(=O)O)NC(=O)[C@H](Cc3ccccc3)NC(=O)[C@H](C(C)O)NC(=O)[C@H](CCCCN)NC(=O)[C@@H](N(C)C(=O)c3ccc4ccccc4c3)NC2=O)cc1. The molecule has 0 aromatic heterocycles. The van der Waals surface area contributed by atoms with Gasteiger partial charge in [0.1, 0.15) is 36.3 Å². The van der Waals surface area contributed by atoms with Gasteiger partial charge in [-0.15, -0.1) is 23.5 Å². The predicted octanol–water partition coefficient (Wildman–Crippen LogP) is 3.43. The fraction of sp³-hybridized carbons (Fsp3) is 0.413. The molecular weight excluding hydrogens is 1200 g/mol. The van der Waals surface area contributed by atoms with Crippen LogP contribution in [0.15, 0.2) is 127 Å². The van der Waals surface area contributed by atoms with E-state index in [2.05, 4.69) is 44.1 Å². The molecule has 7 rings (SSSR count). The highest BCUT2D eigenvalue weighted by molar-refractivity contribution is 8.76. The van der Waals surface area contributed by atoms with Crippen LogP contribution in [-0.4, -0.2) is 164 Å². The monoisotopic (exact) mass is 1280 g/mol. The van der Waals surface area contributed by atoms with Crippen LogP contribution in [0.2, 0.25) is 0 Å². The van der Waals surface area contributed by atoms with Crippen LogP contribution in [0.1, 0.15) is 72.1 Å². The lowest BCUT2D eigenvalue weighted by atomic mass is 9.99. The number of hydrogen-bond acceptors (Lipinski definition) is 16. The van der Waals surface area contributed by atoms with Gasteiger partial charge in [0.25, 0.3) is 11.8 Å². The Morgan fingerprint density at radius 1 is 0.580 bits per heavy atom. The Labute approximate surface area is 528 Å². The Morgan fingerprint density at radius 3 is 1.69 bits per heavy atom. The Balaban J connectivity index is 1.28. The van der Waals surface area contributed by atoms with Crippen molar-refractivity contribution in [2.24, 2.45) is 11.5 Å². The number of rotatable bonds is 17. The zero-order chi connectivity index (χ0) is 63.3. The molecule has 2 saturated heterocycles. The number of carboxylic acid groups (broad SMARTS) is 1. The molecule has 0 saturated carbocycles. The zero-order valence-corrected chi connectivity index (χ0v) is 52.5. The van der Waals surface area contributed by atoms with E-state index in [1.165, 1.54) is 14.0 Å². The van der Waals surface area contributed by atoms with E-state index < -0.39 is 108 Å². The number of aliphatic hydroxyl groups excluding tert-OH is 1. The number of unbranched alkanes of at least 4 members (excludes halogenated alkanes) is 1. The molecule has 5 aromatic carbocycles. The first-order chi connectivity index (χ1) is 42.3. The van der Waals surface area contributed by atoms with E-state index in [4.69, 9.17) is 11.5 Å². The maximum Gasteiger partial charge on any atom is 0.327 e. The lowest BCUT2D eigenvalue weighted by Gasteiger charge is -2.32. The van der Waals surface area contributed by atoms with E-state index in [1.807, 2.05) is 59.9 Å². The molecule has 88 heavy (non-hydrogen) atoms. The van der Waals surface area contributed by atoms with Gasteiger partial charge in [0.15, 0.2) is 6.17 Å². The standard InChI is InChI=1S/C63H78N10O11S4/c1-37(74)53-60(80)69-49(31-41-16-8-5-9-17-41)58(78)70-51(63(83)84)35-88-87-34-46(65)55(75)67-48(30-40-14-6-4-7-15-40)57(77)68-50(32-42-23-21-39(22-24-42)25-28-52-38(2)85-36-86-52)59(79)72-54(61(81)66-47(56(76)71-53)20-12-13-29-64)73(3)62(82)45-27-26-43-18-10-11-19-44(43)33-45/h4-11,14-19,21-24,26-27,33,37-38,46-54,74H,12-13,20,25,28-32,34-36,64-65H2,1-3H3,(H,66,81)(H,67,75)(H,68,77)(H,69,80)(H,70,78)(H,71,76)(H,72,79)(H,83,84)/t37?,38?,46-,47+,48+,49+,50+,51+,52+,53+,54-/m1/s1. The Morgan fingerprint density at radius 2 is 1.10 bits per heavy atom. The third kappa shape index (κ3) is 20.2. The molecule has 0 aliphatic carbocycles. The summed E-state index contributed by atoms with van der Waals surface area (Å²) in [5.74, 6) is -8.90. The van der Waals surface area contributed by atoms with Crippen LogP contribution >= 0.6 is 45.1 Å². The summed E-state index contributed by atoms with van der Waals surface area (Å²) < 4.78 is 0. The molecule has 2 aliphatic heterocycles. The minimum atomic E-state index is -1.90. The second kappa shape index (κ2) is 34.0. The van der Waals surface area contributed by atoms with Crippen molar-refractivity contribution < 1.29 is 53.4 Å². The lowest BCUT2D eigenvalue weighted by molar-refractivity contribution is -0.141. The van der Waals surface area contributed by atoms with Gasteiger partial charge in [-0.3, -0.25) is 38.4 Å². The Bertz CT molecular complexity index is 3210. The number of amides is 8. The van der Waals surface area contributed by atoms with E-state index in [1.54, 1.807) is 91.0 Å². The van der Waals surface area contributed by atoms with Crippen molar-refractivity contribution in [2.75, 3.05) is 30.2 Å². The zero-order valence-electron chi connectivity index (χ0n) is 49.3. The molecule has 2 fully saturated rings. The summed E-state index contributed by atoms with van der Waals surface area (Å²) in [5, 5.41) is 43.6. The van der Waals surface area contributed by atoms with Crippen molar-refractivity contribution in [1.82, 2.24) is 42.1 Å². The van der Waals surface area contributed by atoms with Gasteiger partial charge in [0.2, 0.25) is 35.4 Å². The fourth-order valence-corrected chi connectivity index (χ4v) is 15.5. The molecule has 0 bridgehead atoms. The first kappa shape index (κ1) is 68.4. The highest BCUT2D eigenvalue weighted by atomic mass is 33.1. The van der Waals surface area contributed by atoms with Crippen molar-refractivity contribution in [1.29, 1.82) is 0 Å². The van der Waals surface area contributed by atoms with E-state index >= 15 is 9.59 Å². The largest absolute Gasteiger partial charge is 0.480 e. The molecule has 2 heterocycles. The van der Waals surface area contributed by atoms with Crippen LogP contribution < -0.4 is 48.7 Å². The number of fused-ring (bicyclic) bond motifs is 1. The van der Waals surface area contributed by atoms with Crippen LogP contribution in [0.25, 0.3) is 10.8 Å². The van der Waals surface area contributed by atoms with Gasteiger partial charge in [-0.1, -0.05) is 144 Å². The minimum absolute atomic E-state index is 0.0598. The van der Waals surface area contributed by atoms with Crippen molar-refractivity contribution in [3.05, 3.63) is 155 Å². The quantitative estimate of drug-likeness (QED) is 0.0469. The molecule has 2 aliphatic rings. The molecule has 5 aromatic rings. The molecular formula is C63H78N10O11S4. The van der Waals surface area contributed by atoms with Crippen molar-refractivity contribution in [2.45, 2.75) is 130 Å². The van der Waals surface area contributed by atoms with Crippen molar-refractivity contribution in [3.8, 4) is 0 Å². The number of carboxylic acids is 1. The highest BCUT2D eigenvalue weighted by Crippen LogP contribution is 2.38. The van der Waals surface area contributed by atoms with Crippen molar-refractivity contribution in [3.63, 3.8) is 0 Å². The van der Waals surface area contributed by atoms with E-state index in [0.717, 1.165) is 55.4 Å². The number of nitrogens with one attached hydrogen (secondary N) is 7. The summed E-state index contributed by atoms with van der Waals surface area (Å²) >= 11 is 3.88. The number of carbonyl (C=O) groups is 9. The topological polar surface area (TPSA) is 334 Å². The van der Waals surface area contributed by atoms with Gasteiger partial charge < -0.3 is 63.8 Å². The number of nitrogens with zero attached hydrogens (tertiary/aromatic N) is 1. The summed E-state index contributed by atoms with van der Waals surface area (Å²) in [6.45, 7) is 3.66. The van der Waals surface area contributed by atoms with Crippen LogP contribution in [0.4, 0.5) is 0 Å². The molecule has 8 amide bonds. The van der Waals surface area contributed by atoms with Crippen LogP contribution in [0.3, 0.4) is 0 Å². The number of aryl methyl sites for hydroxylation is 1. The molecule has 0 spiro atoms.